The zero-order valence-corrected chi connectivity index (χ0v) is 20.1. The van der Waals surface area contributed by atoms with Crippen molar-refractivity contribution in [2.75, 3.05) is 13.1 Å². The molecule has 0 saturated heterocycles. The van der Waals surface area contributed by atoms with E-state index in [-0.39, 0.29) is 28.9 Å². The fraction of sp³-hybridized carbons (Fsp3) is 0.450. The molecule has 4 N–H and O–H groups in total. The average molecular weight is 534 g/mol. The van der Waals surface area contributed by atoms with Gasteiger partial charge in [-0.25, -0.2) is 18.5 Å². The average Bonchev–Trinajstić information content (AvgIpc) is 3.15. The summed E-state index contributed by atoms with van der Waals surface area (Å²) in [5.74, 6) is 2.32. The van der Waals surface area contributed by atoms with Gasteiger partial charge in [-0.1, -0.05) is 26.0 Å². The number of hydrogen-bond acceptors (Lipinski definition) is 4. The number of guanidine groups is 1. The lowest BCUT2D eigenvalue weighted by atomic mass is 10.1. The molecule has 0 aliphatic carbocycles. The number of aliphatic imine (C=N–C) groups is 1. The van der Waals surface area contributed by atoms with Gasteiger partial charge in [0, 0.05) is 19.5 Å². The zero-order valence-electron chi connectivity index (χ0n) is 16.9. The summed E-state index contributed by atoms with van der Waals surface area (Å²) >= 11 is 0. The summed E-state index contributed by atoms with van der Waals surface area (Å²) in [6, 6.07) is 10.3. The van der Waals surface area contributed by atoms with E-state index >= 15 is 0 Å². The zero-order chi connectivity index (χ0) is 20.4. The number of hydrogen-bond donors (Lipinski definition) is 3. The van der Waals surface area contributed by atoms with E-state index in [0.717, 1.165) is 43.1 Å². The third-order valence-corrected chi connectivity index (χ3v) is 5.10. The molecule has 1 aromatic carbocycles. The minimum atomic E-state index is -3.68. The Morgan fingerprint density at radius 2 is 1.83 bits per heavy atom. The first kappa shape index (κ1) is 25.4. The molecule has 0 unspecified atom stereocenters. The van der Waals surface area contributed by atoms with E-state index in [1.807, 2.05) is 12.1 Å². The molecule has 1 aromatic heterocycles. The van der Waals surface area contributed by atoms with Gasteiger partial charge in [-0.2, -0.15) is 0 Å². The van der Waals surface area contributed by atoms with Crippen LogP contribution in [-0.2, 0) is 23.0 Å². The molecule has 7 nitrogen and oxygen atoms in total. The van der Waals surface area contributed by atoms with Crippen molar-refractivity contribution in [2.24, 2.45) is 16.0 Å². The van der Waals surface area contributed by atoms with Crippen molar-refractivity contribution < 1.29 is 12.8 Å². The van der Waals surface area contributed by atoms with Crippen LogP contribution in [-0.4, -0.2) is 27.5 Å². The standard InChI is InChI=1S/C20H30N4O3S.HI/c1-16(2)5-3-12-22-20(23-13-11-18-6-4-14-27-18)24-15-17-7-9-19(10-8-17)28(21,25)26;/h4,6-10,14,16H,3,5,11-13,15H2,1-2H3,(H2,21,25,26)(H2,22,23,24);1H. The number of nitrogens with one attached hydrogen (secondary N) is 2. The normalized spacial score (nSPS) is 11.9. The Morgan fingerprint density at radius 1 is 1.14 bits per heavy atom. The van der Waals surface area contributed by atoms with Crippen LogP contribution in [0, 0.1) is 5.92 Å². The van der Waals surface area contributed by atoms with Gasteiger partial charge in [-0.05, 0) is 48.6 Å². The molecule has 29 heavy (non-hydrogen) atoms. The quantitative estimate of drug-likeness (QED) is 0.188. The van der Waals surface area contributed by atoms with Crippen LogP contribution < -0.4 is 15.8 Å². The van der Waals surface area contributed by atoms with Crippen LogP contribution in [0.25, 0.3) is 0 Å². The van der Waals surface area contributed by atoms with E-state index < -0.39 is 10.0 Å². The van der Waals surface area contributed by atoms with Crippen molar-refractivity contribution in [3.05, 3.63) is 54.0 Å². The van der Waals surface area contributed by atoms with Crippen LogP contribution in [0.4, 0.5) is 0 Å². The van der Waals surface area contributed by atoms with Crippen LogP contribution in [0.5, 0.6) is 0 Å². The number of sulfonamides is 1. The molecule has 0 aliphatic rings. The van der Waals surface area contributed by atoms with E-state index in [4.69, 9.17) is 9.56 Å². The minimum absolute atomic E-state index is 0. The molecule has 0 atom stereocenters. The van der Waals surface area contributed by atoms with Gasteiger partial charge in [0.25, 0.3) is 0 Å². The van der Waals surface area contributed by atoms with Crippen LogP contribution in [0.1, 0.15) is 38.0 Å². The molecular formula is C20H31IN4O3S. The maximum Gasteiger partial charge on any atom is 0.238 e. The SMILES string of the molecule is CC(C)CCCNC(=NCc1ccc(S(N)(=O)=O)cc1)NCCc1ccco1.I. The van der Waals surface area contributed by atoms with E-state index in [0.29, 0.717) is 19.0 Å². The van der Waals surface area contributed by atoms with Crippen LogP contribution in [0.2, 0.25) is 0 Å². The topological polar surface area (TPSA) is 110 Å². The minimum Gasteiger partial charge on any atom is -0.469 e. The number of furan rings is 1. The monoisotopic (exact) mass is 534 g/mol. The summed E-state index contributed by atoms with van der Waals surface area (Å²) in [5.41, 5.74) is 0.904. The number of benzene rings is 1. The van der Waals surface area contributed by atoms with Gasteiger partial charge in [-0.15, -0.1) is 24.0 Å². The predicted octanol–water partition coefficient (Wildman–Crippen LogP) is 3.26. The number of nitrogens with two attached hydrogens (primary N) is 1. The van der Waals surface area contributed by atoms with Gasteiger partial charge in [0.05, 0.1) is 17.7 Å². The maximum atomic E-state index is 11.3. The molecule has 0 aliphatic heterocycles. The number of nitrogens with zero attached hydrogens (tertiary/aromatic N) is 1. The highest BCUT2D eigenvalue weighted by Gasteiger charge is 2.07. The van der Waals surface area contributed by atoms with E-state index in [2.05, 4.69) is 29.5 Å². The first-order chi connectivity index (χ1) is 13.3. The highest BCUT2D eigenvalue weighted by atomic mass is 127. The molecular weight excluding hydrogens is 503 g/mol. The van der Waals surface area contributed by atoms with Gasteiger partial charge in [-0.3, -0.25) is 0 Å². The number of halogens is 1. The van der Waals surface area contributed by atoms with Gasteiger partial charge in [0.2, 0.25) is 10.0 Å². The van der Waals surface area contributed by atoms with Crippen LogP contribution in [0.3, 0.4) is 0 Å². The van der Waals surface area contributed by atoms with Gasteiger partial charge in [0.1, 0.15) is 5.76 Å². The molecule has 162 valence electrons. The fourth-order valence-electron chi connectivity index (χ4n) is 2.61. The lowest BCUT2D eigenvalue weighted by molar-refractivity contribution is 0.506. The van der Waals surface area contributed by atoms with Crippen molar-refractivity contribution in [3.8, 4) is 0 Å². The summed E-state index contributed by atoms with van der Waals surface area (Å²) in [6.45, 7) is 6.40. The highest BCUT2D eigenvalue weighted by Crippen LogP contribution is 2.09. The smallest absolute Gasteiger partial charge is 0.238 e. The Bertz CT molecular complexity index is 835. The molecule has 0 spiro atoms. The second kappa shape index (κ2) is 12.9. The lowest BCUT2D eigenvalue weighted by Crippen LogP contribution is -2.39. The summed E-state index contributed by atoms with van der Waals surface area (Å²) in [7, 11) is -3.68. The van der Waals surface area contributed by atoms with Gasteiger partial charge < -0.3 is 15.1 Å². The second-order valence-electron chi connectivity index (χ2n) is 7.07. The predicted molar refractivity (Wildman–Crippen MR) is 127 cm³/mol. The summed E-state index contributed by atoms with van der Waals surface area (Å²) in [5, 5.41) is 11.8. The largest absolute Gasteiger partial charge is 0.469 e. The molecule has 2 aromatic rings. The molecule has 2 rings (SSSR count). The molecule has 1 heterocycles. The maximum absolute atomic E-state index is 11.3. The molecule has 9 heteroatoms. The van der Waals surface area contributed by atoms with Crippen molar-refractivity contribution in [2.45, 2.75) is 44.6 Å². The third-order valence-electron chi connectivity index (χ3n) is 4.17. The van der Waals surface area contributed by atoms with Gasteiger partial charge >= 0.3 is 0 Å². The lowest BCUT2D eigenvalue weighted by Gasteiger charge is -2.13. The Balaban J connectivity index is 0.00000420. The Labute approximate surface area is 190 Å². The highest BCUT2D eigenvalue weighted by molar-refractivity contribution is 14.0. The molecule has 0 radical (unpaired) electrons. The van der Waals surface area contributed by atoms with Crippen molar-refractivity contribution in [1.29, 1.82) is 0 Å². The molecule has 0 saturated carbocycles. The summed E-state index contributed by atoms with van der Waals surface area (Å²) in [6.07, 6.45) is 4.66. The fourth-order valence-corrected chi connectivity index (χ4v) is 3.12. The first-order valence-electron chi connectivity index (χ1n) is 9.51. The Morgan fingerprint density at radius 3 is 2.41 bits per heavy atom. The van der Waals surface area contributed by atoms with Gasteiger partial charge in [0.15, 0.2) is 5.96 Å². The van der Waals surface area contributed by atoms with E-state index in [9.17, 15) is 8.42 Å². The van der Waals surface area contributed by atoms with Crippen LogP contribution in [0.15, 0.2) is 57.0 Å². The molecule has 0 fully saturated rings. The van der Waals surface area contributed by atoms with Crippen molar-refractivity contribution >= 4 is 40.0 Å². The van der Waals surface area contributed by atoms with Crippen molar-refractivity contribution in [3.63, 3.8) is 0 Å². The van der Waals surface area contributed by atoms with Crippen molar-refractivity contribution in [1.82, 2.24) is 10.6 Å². The third kappa shape index (κ3) is 10.1. The first-order valence-corrected chi connectivity index (χ1v) is 11.1. The van der Waals surface area contributed by atoms with Crippen LogP contribution >= 0.6 is 24.0 Å². The second-order valence-corrected chi connectivity index (χ2v) is 8.63. The Kier molecular flexibility index (Phi) is 11.3. The Hall–Kier alpha value is -1.59. The van der Waals surface area contributed by atoms with E-state index in [1.165, 1.54) is 12.1 Å². The number of rotatable bonds is 10. The molecule has 0 amide bonds. The van der Waals surface area contributed by atoms with E-state index in [1.54, 1.807) is 18.4 Å². The summed E-state index contributed by atoms with van der Waals surface area (Å²) < 4.78 is 28.0. The summed E-state index contributed by atoms with van der Waals surface area (Å²) in [4.78, 5) is 4.71. The molecule has 0 bridgehead atoms. The number of primary sulfonamides is 1.